The van der Waals surface area contributed by atoms with Crippen molar-refractivity contribution in [2.45, 2.75) is 82.8 Å². The third-order valence-electron chi connectivity index (χ3n) is 5.70. The van der Waals surface area contributed by atoms with Gasteiger partial charge in [0.05, 0.1) is 0 Å². The van der Waals surface area contributed by atoms with Crippen molar-refractivity contribution < 1.29 is 9.59 Å². The molecular weight excluding hydrogens is 252 g/mol. The standard InChI is InChI=1S/C16H26N2O2/c1-4-12-13(19)17-16(3,11-7-8-11)14(20)18(12)15(2)9-5-6-10-15/h11-12H,4-10H2,1-3H3,(H,17,19). The molecule has 1 saturated heterocycles. The van der Waals surface area contributed by atoms with Gasteiger partial charge in [-0.25, -0.2) is 0 Å². The van der Waals surface area contributed by atoms with E-state index >= 15 is 0 Å². The molecule has 3 aliphatic rings. The van der Waals surface area contributed by atoms with Gasteiger partial charge in [0.2, 0.25) is 11.8 Å². The van der Waals surface area contributed by atoms with Crippen LogP contribution in [0.15, 0.2) is 0 Å². The van der Waals surface area contributed by atoms with Crippen LogP contribution in [0.3, 0.4) is 0 Å². The van der Waals surface area contributed by atoms with Crippen LogP contribution >= 0.6 is 0 Å². The number of nitrogens with zero attached hydrogens (tertiary/aromatic N) is 1. The van der Waals surface area contributed by atoms with Crippen LogP contribution in [-0.4, -0.2) is 33.8 Å². The maximum Gasteiger partial charge on any atom is 0.249 e. The molecule has 2 saturated carbocycles. The molecule has 0 aromatic rings. The van der Waals surface area contributed by atoms with E-state index in [9.17, 15) is 9.59 Å². The molecule has 0 radical (unpaired) electrons. The predicted molar refractivity (Wildman–Crippen MR) is 77.1 cm³/mol. The third-order valence-corrected chi connectivity index (χ3v) is 5.70. The van der Waals surface area contributed by atoms with E-state index in [1.165, 1.54) is 12.8 Å². The van der Waals surface area contributed by atoms with Gasteiger partial charge in [0.1, 0.15) is 11.6 Å². The molecule has 2 unspecified atom stereocenters. The zero-order valence-electron chi connectivity index (χ0n) is 12.9. The molecule has 3 rings (SSSR count). The Labute approximate surface area is 121 Å². The first-order chi connectivity index (χ1) is 9.42. The Morgan fingerprint density at radius 1 is 1.20 bits per heavy atom. The third kappa shape index (κ3) is 1.87. The minimum Gasteiger partial charge on any atom is -0.340 e. The summed E-state index contributed by atoms with van der Waals surface area (Å²) in [6.07, 6.45) is 7.21. The maximum atomic E-state index is 13.1. The lowest BCUT2D eigenvalue weighted by atomic mass is 9.84. The van der Waals surface area contributed by atoms with Crippen molar-refractivity contribution in [3.63, 3.8) is 0 Å². The fourth-order valence-electron chi connectivity index (χ4n) is 4.21. The molecule has 112 valence electrons. The largest absolute Gasteiger partial charge is 0.340 e. The van der Waals surface area contributed by atoms with Gasteiger partial charge in [-0.1, -0.05) is 19.8 Å². The lowest BCUT2D eigenvalue weighted by Gasteiger charge is -2.51. The molecule has 2 aliphatic carbocycles. The Morgan fingerprint density at radius 2 is 1.80 bits per heavy atom. The molecule has 0 aromatic carbocycles. The molecule has 0 bridgehead atoms. The maximum absolute atomic E-state index is 13.1. The summed E-state index contributed by atoms with van der Waals surface area (Å²) in [6.45, 7) is 6.11. The van der Waals surface area contributed by atoms with Gasteiger partial charge in [-0.15, -0.1) is 0 Å². The quantitative estimate of drug-likeness (QED) is 0.860. The number of hydrogen-bond donors (Lipinski definition) is 1. The van der Waals surface area contributed by atoms with Crippen LogP contribution in [0.4, 0.5) is 0 Å². The van der Waals surface area contributed by atoms with Gasteiger partial charge >= 0.3 is 0 Å². The van der Waals surface area contributed by atoms with E-state index in [0.717, 1.165) is 25.7 Å². The predicted octanol–water partition coefficient (Wildman–Crippen LogP) is 2.22. The van der Waals surface area contributed by atoms with Gasteiger partial charge in [-0.2, -0.15) is 0 Å². The molecule has 1 aliphatic heterocycles. The van der Waals surface area contributed by atoms with E-state index in [0.29, 0.717) is 12.3 Å². The van der Waals surface area contributed by atoms with Crippen molar-refractivity contribution in [2.75, 3.05) is 0 Å². The van der Waals surface area contributed by atoms with E-state index in [2.05, 4.69) is 12.2 Å². The van der Waals surface area contributed by atoms with E-state index in [1.807, 2.05) is 18.7 Å². The molecule has 2 atom stereocenters. The van der Waals surface area contributed by atoms with E-state index < -0.39 is 5.54 Å². The number of rotatable bonds is 3. The van der Waals surface area contributed by atoms with Crippen LogP contribution in [0, 0.1) is 5.92 Å². The van der Waals surface area contributed by atoms with Crippen LogP contribution in [-0.2, 0) is 9.59 Å². The highest BCUT2D eigenvalue weighted by Gasteiger charge is 2.58. The number of hydrogen-bond acceptors (Lipinski definition) is 2. The summed E-state index contributed by atoms with van der Waals surface area (Å²) in [5, 5.41) is 3.05. The van der Waals surface area contributed by atoms with Crippen molar-refractivity contribution >= 4 is 11.8 Å². The van der Waals surface area contributed by atoms with E-state index in [-0.39, 0.29) is 23.4 Å². The highest BCUT2D eigenvalue weighted by molar-refractivity contribution is 6.00. The number of carbonyl (C=O) groups excluding carboxylic acids is 2. The van der Waals surface area contributed by atoms with Crippen molar-refractivity contribution in [3.8, 4) is 0 Å². The Morgan fingerprint density at radius 3 is 2.30 bits per heavy atom. The number of nitrogens with one attached hydrogen (secondary N) is 1. The topological polar surface area (TPSA) is 49.4 Å². The Hall–Kier alpha value is -1.06. The SMILES string of the molecule is CCC1C(=O)NC(C)(C2CC2)C(=O)N1C1(C)CCCC1. The van der Waals surface area contributed by atoms with Gasteiger partial charge < -0.3 is 10.2 Å². The van der Waals surface area contributed by atoms with Crippen LogP contribution in [0.1, 0.15) is 65.7 Å². The molecule has 3 fully saturated rings. The smallest absolute Gasteiger partial charge is 0.249 e. The lowest BCUT2D eigenvalue weighted by Crippen LogP contribution is -2.73. The van der Waals surface area contributed by atoms with Crippen molar-refractivity contribution in [1.29, 1.82) is 0 Å². The summed E-state index contributed by atoms with van der Waals surface area (Å²) in [5.74, 6) is 0.551. The zero-order chi connectivity index (χ0) is 14.5. The molecule has 20 heavy (non-hydrogen) atoms. The second kappa shape index (κ2) is 4.47. The van der Waals surface area contributed by atoms with Gasteiger partial charge in [-0.05, 0) is 51.9 Å². The van der Waals surface area contributed by atoms with Crippen LogP contribution in [0.5, 0.6) is 0 Å². The molecule has 4 heteroatoms. The van der Waals surface area contributed by atoms with Crippen LogP contribution in [0.2, 0.25) is 0 Å². The van der Waals surface area contributed by atoms with E-state index in [4.69, 9.17) is 0 Å². The Bertz CT molecular complexity index is 438. The van der Waals surface area contributed by atoms with Crippen molar-refractivity contribution in [2.24, 2.45) is 5.92 Å². The first kappa shape index (κ1) is 13.9. The minimum atomic E-state index is -0.658. The van der Waals surface area contributed by atoms with Gasteiger partial charge in [0.15, 0.2) is 0 Å². The molecule has 2 amide bonds. The summed E-state index contributed by atoms with van der Waals surface area (Å²) in [4.78, 5) is 27.6. The van der Waals surface area contributed by atoms with Gasteiger partial charge in [0, 0.05) is 5.54 Å². The summed E-state index contributed by atoms with van der Waals surface area (Å²) in [6, 6.07) is -0.280. The number of piperazine rings is 1. The fraction of sp³-hybridized carbons (Fsp3) is 0.875. The number of carbonyl (C=O) groups is 2. The number of amides is 2. The summed E-state index contributed by atoms with van der Waals surface area (Å²) >= 11 is 0. The van der Waals surface area contributed by atoms with Crippen LogP contribution in [0.25, 0.3) is 0 Å². The second-order valence-corrected chi connectivity index (χ2v) is 7.27. The second-order valence-electron chi connectivity index (χ2n) is 7.27. The Balaban J connectivity index is 1.97. The highest BCUT2D eigenvalue weighted by atomic mass is 16.2. The first-order valence-electron chi connectivity index (χ1n) is 8.08. The monoisotopic (exact) mass is 278 g/mol. The van der Waals surface area contributed by atoms with Gasteiger partial charge in [0.25, 0.3) is 0 Å². The minimum absolute atomic E-state index is 0.0506. The molecule has 0 spiro atoms. The fourth-order valence-corrected chi connectivity index (χ4v) is 4.21. The normalized spacial score (nSPS) is 37.1. The van der Waals surface area contributed by atoms with Crippen molar-refractivity contribution in [3.05, 3.63) is 0 Å². The summed E-state index contributed by atoms with van der Waals surface area (Å²) in [7, 11) is 0. The van der Waals surface area contributed by atoms with Crippen molar-refractivity contribution in [1.82, 2.24) is 10.2 Å². The lowest BCUT2D eigenvalue weighted by molar-refractivity contribution is -0.163. The first-order valence-corrected chi connectivity index (χ1v) is 8.08. The zero-order valence-corrected chi connectivity index (χ0v) is 12.9. The molecule has 1 heterocycles. The van der Waals surface area contributed by atoms with E-state index in [1.54, 1.807) is 0 Å². The summed E-state index contributed by atoms with van der Waals surface area (Å²) in [5.41, 5.74) is -0.778. The summed E-state index contributed by atoms with van der Waals surface area (Å²) < 4.78 is 0. The van der Waals surface area contributed by atoms with Gasteiger partial charge in [-0.3, -0.25) is 9.59 Å². The average molecular weight is 278 g/mol. The average Bonchev–Trinajstić information content (AvgIpc) is 3.17. The molecular formula is C16H26N2O2. The molecule has 0 aromatic heterocycles. The van der Waals surface area contributed by atoms with Crippen LogP contribution < -0.4 is 5.32 Å². The highest BCUT2D eigenvalue weighted by Crippen LogP contribution is 2.46. The Kier molecular flexibility index (Phi) is 3.11. The molecule has 1 N–H and O–H groups in total. The molecule has 4 nitrogen and oxygen atoms in total.